The van der Waals surface area contributed by atoms with Crippen molar-refractivity contribution in [3.05, 3.63) is 88.7 Å². The molecule has 0 aliphatic rings. The number of benzene rings is 2. The normalized spacial score (nSPS) is 10.2. The monoisotopic (exact) mass is 418 g/mol. The van der Waals surface area contributed by atoms with E-state index in [1.165, 1.54) is 5.56 Å². The van der Waals surface area contributed by atoms with E-state index in [0.29, 0.717) is 18.2 Å². The van der Waals surface area contributed by atoms with E-state index in [1.807, 2.05) is 61.5 Å². The first kappa shape index (κ1) is 22.0. The lowest BCUT2D eigenvalue weighted by molar-refractivity contribution is 0.269. The van der Waals surface area contributed by atoms with E-state index in [1.54, 1.807) is 12.4 Å². The van der Waals surface area contributed by atoms with Crippen LogP contribution in [0.4, 0.5) is 0 Å². The van der Waals surface area contributed by atoms with Gasteiger partial charge >= 0.3 is 0 Å². The fourth-order valence-electron chi connectivity index (χ4n) is 2.67. The Kier molecular flexibility index (Phi) is 9.08. The van der Waals surface area contributed by atoms with Crippen LogP contribution in [0.5, 0.6) is 11.5 Å². The highest BCUT2D eigenvalue weighted by Crippen LogP contribution is 2.30. The summed E-state index contributed by atoms with van der Waals surface area (Å²) < 4.78 is 11.7. The van der Waals surface area contributed by atoms with Gasteiger partial charge in [-0.25, -0.2) is 0 Å². The van der Waals surface area contributed by atoms with E-state index < -0.39 is 0 Å². The van der Waals surface area contributed by atoms with Gasteiger partial charge in [-0.3, -0.25) is 4.98 Å². The van der Waals surface area contributed by atoms with Crippen LogP contribution in [0, 0.1) is 0 Å². The Morgan fingerprint density at radius 3 is 2.39 bits per heavy atom. The lowest BCUT2D eigenvalue weighted by Gasteiger charge is -2.14. The fourth-order valence-corrected chi connectivity index (χ4v) is 2.86. The molecule has 0 fully saturated rings. The Hall–Kier alpha value is -2.27. The van der Waals surface area contributed by atoms with Crippen LogP contribution in [0.15, 0.2) is 67.0 Å². The van der Waals surface area contributed by atoms with Gasteiger partial charge in [0.2, 0.25) is 0 Å². The number of halogens is 2. The van der Waals surface area contributed by atoms with Gasteiger partial charge in [0.15, 0.2) is 11.5 Å². The van der Waals surface area contributed by atoms with Crippen LogP contribution in [-0.2, 0) is 19.7 Å². The van der Waals surface area contributed by atoms with Crippen LogP contribution >= 0.6 is 24.0 Å². The van der Waals surface area contributed by atoms with E-state index in [-0.39, 0.29) is 12.4 Å². The number of aromatic nitrogens is 1. The van der Waals surface area contributed by atoms with E-state index in [4.69, 9.17) is 21.1 Å². The van der Waals surface area contributed by atoms with Crippen LogP contribution in [0.2, 0.25) is 5.02 Å². The Balaban J connectivity index is 0.00000280. The quantitative estimate of drug-likeness (QED) is 0.503. The number of hydrogen-bond acceptors (Lipinski definition) is 4. The van der Waals surface area contributed by atoms with Crippen molar-refractivity contribution < 1.29 is 9.47 Å². The second-order valence-electron chi connectivity index (χ2n) is 6.05. The summed E-state index contributed by atoms with van der Waals surface area (Å²) in [6, 6.07) is 17.7. The molecule has 0 aliphatic heterocycles. The van der Waals surface area contributed by atoms with Crippen molar-refractivity contribution in [1.82, 2.24) is 10.3 Å². The predicted octanol–water partition coefficient (Wildman–Crippen LogP) is 5.42. The number of rotatable bonds is 9. The van der Waals surface area contributed by atoms with Crippen LogP contribution in [0.1, 0.15) is 23.6 Å². The largest absolute Gasteiger partial charge is 0.490 e. The maximum Gasteiger partial charge on any atom is 0.161 e. The van der Waals surface area contributed by atoms with Crippen molar-refractivity contribution >= 4 is 24.0 Å². The van der Waals surface area contributed by atoms with Gasteiger partial charge in [0.25, 0.3) is 0 Å². The van der Waals surface area contributed by atoms with Gasteiger partial charge in [0.1, 0.15) is 6.61 Å². The van der Waals surface area contributed by atoms with Crippen LogP contribution in [0.3, 0.4) is 0 Å². The van der Waals surface area contributed by atoms with Crippen LogP contribution in [-0.4, -0.2) is 11.6 Å². The Labute approximate surface area is 177 Å². The van der Waals surface area contributed by atoms with E-state index in [2.05, 4.69) is 10.3 Å². The molecule has 1 N–H and O–H groups in total. The molecule has 1 heterocycles. The second kappa shape index (κ2) is 11.5. The van der Waals surface area contributed by atoms with Crippen molar-refractivity contribution in [2.75, 3.05) is 6.61 Å². The molecule has 0 amide bonds. The third kappa shape index (κ3) is 6.41. The highest BCUT2D eigenvalue weighted by molar-refractivity contribution is 6.31. The first-order valence-electron chi connectivity index (χ1n) is 8.98. The second-order valence-corrected chi connectivity index (χ2v) is 6.46. The van der Waals surface area contributed by atoms with E-state index in [9.17, 15) is 0 Å². The third-order valence-corrected chi connectivity index (χ3v) is 4.43. The topological polar surface area (TPSA) is 43.4 Å². The fraction of sp³-hybridized carbons (Fsp3) is 0.227. The molecule has 0 saturated carbocycles. The van der Waals surface area contributed by atoms with Crippen molar-refractivity contribution in [2.45, 2.75) is 26.6 Å². The number of nitrogens with one attached hydrogen (secondary N) is 1. The standard InChI is InChI=1S/C22H23ClN2O2.ClH/c1-2-26-22-13-18(15-25-14-17-9-11-24-12-10-17)7-8-21(22)27-16-19-5-3-4-6-20(19)23;/h3-13,25H,2,14-16H2,1H3;1H. The van der Waals surface area contributed by atoms with E-state index in [0.717, 1.165) is 35.7 Å². The molecule has 6 heteroatoms. The molecular weight excluding hydrogens is 395 g/mol. The van der Waals surface area contributed by atoms with Gasteiger partial charge in [-0.15, -0.1) is 12.4 Å². The average Bonchev–Trinajstić information content (AvgIpc) is 2.69. The van der Waals surface area contributed by atoms with Crippen molar-refractivity contribution in [1.29, 1.82) is 0 Å². The third-order valence-electron chi connectivity index (χ3n) is 4.06. The summed E-state index contributed by atoms with van der Waals surface area (Å²) in [5.74, 6) is 1.46. The number of hydrogen-bond donors (Lipinski definition) is 1. The highest BCUT2D eigenvalue weighted by Gasteiger charge is 2.08. The molecule has 3 rings (SSSR count). The van der Waals surface area contributed by atoms with Crippen molar-refractivity contribution in [2.24, 2.45) is 0 Å². The van der Waals surface area contributed by atoms with Crippen molar-refractivity contribution in [3.63, 3.8) is 0 Å². The minimum absolute atomic E-state index is 0. The zero-order chi connectivity index (χ0) is 18.9. The molecule has 0 atom stereocenters. The molecule has 1 aromatic heterocycles. The summed E-state index contributed by atoms with van der Waals surface area (Å²) in [6.07, 6.45) is 3.60. The molecule has 0 bridgehead atoms. The Bertz CT molecular complexity index is 860. The summed E-state index contributed by atoms with van der Waals surface area (Å²) in [5.41, 5.74) is 3.29. The number of ether oxygens (including phenoxy) is 2. The summed E-state index contributed by atoms with van der Waals surface area (Å²) >= 11 is 6.20. The first-order chi connectivity index (χ1) is 13.3. The molecule has 28 heavy (non-hydrogen) atoms. The Morgan fingerprint density at radius 1 is 0.893 bits per heavy atom. The number of nitrogens with zero attached hydrogens (tertiary/aromatic N) is 1. The zero-order valence-electron chi connectivity index (χ0n) is 15.7. The molecular formula is C22H24Cl2N2O2. The van der Waals surface area contributed by atoms with Gasteiger partial charge in [0.05, 0.1) is 6.61 Å². The molecule has 0 radical (unpaired) electrons. The molecule has 4 nitrogen and oxygen atoms in total. The summed E-state index contributed by atoms with van der Waals surface area (Å²) in [6.45, 7) is 4.48. The summed E-state index contributed by atoms with van der Waals surface area (Å²) in [4.78, 5) is 4.03. The maximum atomic E-state index is 6.20. The summed E-state index contributed by atoms with van der Waals surface area (Å²) in [5, 5.41) is 4.13. The van der Waals surface area contributed by atoms with Gasteiger partial charge < -0.3 is 14.8 Å². The van der Waals surface area contributed by atoms with Gasteiger partial charge in [-0.2, -0.15) is 0 Å². The molecule has 0 saturated heterocycles. The number of pyridine rings is 1. The molecule has 0 aliphatic carbocycles. The minimum atomic E-state index is 0. The molecule has 0 spiro atoms. The minimum Gasteiger partial charge on any atom is -0.490 e. The first-order valence-corrected chi connectivity index (χ1v) is 9.35. The Morgan fingerprint density at radius 2 is 1.64 bits per heavy atom. The maximum absolute atomic E-state index is 6.20. The van der Waals surface area contributed by atoms with Crippen LogP contribution in [0.25, 0.3) is 0 Å². The summed E-state index contributed by atoms with van der Waals surface area (Å²) in [7, 11) is 0. The molecule has 0 unspecified atom stereocenters. The SMILES string of the molecule is CCOc1cc(CNCc2ccncc2)ccc1OCc1ccccc1Cl.Cl. The molecule has 2 aromatic carbocycles. The van der Waals surface area contributed by atoms with Crippen molar-refractivity contribution in [3.8, 4) is 11.5 Å². The predicted molar refractivity (Wildman–Crippen MR) is 115 cm³/mol. The lowest BCUT2D eigenvalue weighted by atomic mass is 10.2. The van der Waals surface area contributed by atoms with Crippen LogP contribution < -0.4 is 14.8 Å². The van der Waals surface area contributed by atoms with E-state index >= 15 is 0 Å². The molecule has 148 valence electrons. The van der Waals surface area contributed by atoms with Gasteiger partial charge in [-0.05, 0) is 48.4 Å². The zero-order valence-corrected chi connectivity index (χ0v) is 17.3. The smallest absolute Gasteiger partial charge is 0.161 e. The average molecular weight is 419 g/mol. The highest BCUT2D eigenvalue weighted by atomic mass is 35.5. The van der Waals surface area contributed by atoms with Gasteiger partial charge in [0, 0.05) is 36.1 Å². The van der Waals surface area contributed by atoms with Gasteiger partial charge in [-0.1, -0.05) is 35.9 Å². The molecule has 3 aromatic rings. The lowest BCUT2D eigenvalue weighted by Crippen LogP contribution is -2.13.